The second kappa shape index (κ2) is 5.86. The molecule has 0 aromatic rings. The van der Waals surface area contributed by atoms with Crippen LogP contribution in [0, 0.1) is 5.92 Å². The van der Waals surface area contributed by atoms with Crippen LogP contribution in [-0.2, 0) is 4.74 Å². The molecule has 0 aliphatic heterocycles. The summed E-state index contributed by atoms with van der Waals surface area (Å²) in [6.07, 6.45) is 8.34. The molecule has 0 amide bonds. The van der Waals surface area contributed by atoms with Crippen molar-refractivity contribution in [2.24, 2.45) is 5.92 Å². The Morgan fingerprint density at radius 2 is 1.67 bits per heavy atom. The average Bonchev–Trinajstić information content (AvgIpc) is 2.47. The minimum Gasteiger partial charge on any atom is -0.377 e. The molecule has 15 heavy (non-hydrogen) atoms. The standard InChI is InChI=1S/C13H27NO/c1-13(2,15-4)12(14-3)11-9-7-5-6-8-10-11/h11-12,14H,5-10H2,1-4H3. The van der Waals surface area contributed by atoms with Gasteiger partial charge in [0.05, 0.1) is 5.60 Å². The fourth-order valence-corrected chi connectivity index (χ4v) is 2.92. The van der Waals surface area contributed by atoms with Gasteiger partial charge in [-0.3, -0.25) is 0 Å². The molecule has 0 bridgehead atoms. The highest BCUT2D eigenvalue weighted by molar-refractivity contribution is 4.90. The molecule has 1 aliphatic carbocycles. The van der Waals surface area contributed by atoms with Gasteiger partial charge in [-0.1, -0.05) is 25.7 Å². The first-order valence-corrected chi connectivity index (χ1v) is 6.34. The van der Waals surface area contributed by atoms with E-state index in [0.29, 0.717) is 6.04 Å². The first-order valence-electron chi connectivity index (χ1n) is 6.34. The van der Waals surface area contributed by atoms with Crippen molar-refractivity contribution in [2.45, 2.75) is 64.0 Å². The summed E-state index contributed by atoms with van der Waals surface area (Å²) >= 11 is 0. The summed E-state index contributed by atoms with van der Waals surface area (Å²) in [6, 6.07) is 0.487. The molecular weight excluding hydrogens is 186 g/mol. The van der Waals surface area contributed by atoms with Crippen LogP contribution in [0.25, 0.3) is 0 Å². The van der Waals surface area contributed by atoms with Gasteiger partial charge in [-0.2, -0.15) is 0 Å². The third kappa shape index (κ3) is 3.46. The summed E-state index contributed by atoms with van der Waals surface area (Å²) in [7, 11) is 3.89. The van der Waals surface area contributed by atoms with Crippen LogP contribution in [0.3, 0.4) is 0 Å². The summed E-state index contributed by atoms with van der Waals surface area (Å²) in [5, 5.41) is 3.47. The maximum Gasteiger partial charge on any atom is 0.0777 e. The summed E-state index contributed by atoms with van der Waals surface area (Å²) < 4.78 is 5.62. The van der Waals surface area contributed by atoms with E-state index in [-0.39, 0.29) is 5.60 Å². The average molecular weight is 213 g/mol. The van der Waals surface area contributed by atoms with Gasteiger partial charge in [0.25, 0.3) is 0 Å². The zero-order chi connectivity index (χ0) is 11.3. The highest BCUT2D eigenvalue weighted by atomic mass is 16.5. The van der Waals surface area contributed by atoms with Crippen LogP contribution in [0.15, 0.2) is 0 Å². The summed E-state index contributed by atoms with van der Waals surface area (Å²) in [5.41, 5.74) is -0.0518. The van der Waals surface area contributed by atoms with Gasteiger partial charge in [-0.05, 0) is 39.7 Å². The van der Waals surface area contributed by atoms with Crippen LogP contribution in [0.4, 0.5) is 0 Å². The Morgan fingerprint density at radius 3 is 2.07 bits per heavy atom. The number of methoxy groups -OCH3 is 1. The second-order valence-electron chi connectivity index (χ2n) is 5.33. The van der Waals surface area contributed by atoms with Crippen LogP contribution in [0.2, 0.25) is 0 Å². The molecule has 2 heteroatoms. The van der Waals surface area contributed by atoms with Gasteiger partial charge in [-0.25, -0.2) is 0 Å². The van der Waals surface area contributed by atoms with Crippen molar-refractivity contribution in [1.82, 2.24) is 5.32 Å². The molecule has 0 saturated heterocycles. The van der Waals surface area contributed by atoms with E-state index in [1.807, 2.05) is 7.11 Å². The first kappa shape index (κ1) is 13.0. The van der Waals surface area contributed by atoms with Crippen molar-refractivity contribution < 1.29 is 4.74 Å². The highest BCUT2D eigenvalue weighted by Crippen LogP contribution is 2.31. The Labute approximate surface area is 94.8 Å². The van der Waals surface area contributed by atoms with Gasteiger partial charge in [0, 0.05) is 13.2 Å². The van der Waals surface area contributed by atoms with Crippen molar-refractivity contribution >= 4 is 0 Å². The third-order valence-electron chi connectivity index (χ3n) is 3.96. The lowest BCUT2D eigenvalue weighted by molar-refractivity contribution is -0.0276. The van der Waals surface area contributed by atoms with Crippen LogP contribution >= 0.6 is 0 Å². The predicted molar refractivity (Wildman–Crippen MR) is 65.1 cm³/mol. The Bertz CT molecular complexity index is 171. The molecule has 0 heterocycles. The summed E-state index contributed by atoms with van der Waals surface area (Å²) in [5.74, 6) is 0.785. The highest BCUT2D eigenvalue weighted by Gasteiger charge is 2.34. The normalized spacial score (nSPS) is 22.4. The molecule has 1 atom stereocenters. The van der Waals surface area contributed by atoms with Crippen molar-refractivity contribution in [3.8, 4) is 0 Å². The molecule has 90 valence electrons. The quantitative estimate of drug-likeness (QED) is 0.725. The number of hydrogen-bond acceptors (Lipinski definition) is 2. The molecule has 1 unspecified atom stereocenters. The first-order chi connectivity index (χ1) is 7.11. The lowest BCUT2D eigenvalue weighted by Crippen LogP contribution is -2.51. The molecular formula is C13H27NO. The lowest BCUT2D eigenvalue weighted by Gasteiger charge is -2.38. The Kier molecular flexibility index (Phi) is 5.07. The number of hydrogen-bond donors (Lipinski definition) is 1. The van der Waals surface area contributed by atoms with Gasteiger partial charge >= 0.3 is 0 Å². The lowest BCUT2D eigenvalue weighted by atomic mass is 9.82. The minimum absolute atomic E-state index is 0.0518. The molecule has 0 radical (unpaired) electrons. The van der Waals surface area contributed by atoms with Gasteiger partial charge in [0.1, 0.15) is 0 Å². The molecule has 1 rings (SSSR count). The molecule has 2 nitrogen and oxygen atoms in total. The van der Waals surface area contributed by atoms with Crippen LogP contribution < -0.4 is 5.32 Å². The topological polar surface area (TPSA) is 21.3 Å². The number of nitrogens with one attached hydrogen (secondary N) is 1. The Morgan fingerprint density at radius 1 is 1.13 bits per heavy atom. The molecule has 0 aromatic carbocycles. The third-order valence-corrected chi connectivity index (χ3v) is 3.96. The monoisotopic (exact) mass is 213 g/mol. The van der Waals surface area contributed by atoms with Crippen molar-refractivity contribution in [2.75, 3.05) is 14.2 Å². The van der Waals surface area contributed by atoms with Crippen molar-refractivity contribution in [3.05, 3.63) is 0 Å². The van der Waals surface area contributed by atoms with Gasteiger partial charge in [-0.15, -0.1) is 0 Å². The van der Waals surface area contributed by atoms with Gasteiger partial charge < -0.3 is 10.1 Å². The largest absolute Gasteiger partial charge is 0.377 e. The maximum atomic E-state index is 5.62. The number of ether oxygens (including phenoxy) is 1. The minimum atomic E-state index is -0.0518. The van der Waals surface area contributed by atoms with Crippen molar-refractivity contribution in [3.63, 3.8) is 0 Å². The van der Waals surface area contributed by atoms with E-state index in [9.17, 15) is 0 Å². The van der Waals surface area contributed by atoms with E-state index in [1.54, 1.807) is 0 Å². The van der Waals surface area contributed by atoms with E-state index < -0.39 is 0 Å². The molecule has 1 saturated carbocycles. The van der Waals surface area contributed by atoms with Crippen LogP contribution in [0.1, 0.15) is 52.4 Å². The zero-order valence-corrected chi connectivity index (χ0v) is 10.8. The Hall–Kier alpha value is -0.0800. The summed E-state index contributed by atoms with van der Waals surface area (Å²) in [4.78, 5) is 0. The molecule has 1 fully saturated rings. The fourth-order valence-electron chi connectivity index (χ4n) is 2.92. The molecule has 0 spiro atoms. The predicted octanol–water partition coefficient (Wildman–Crippen LogP) is 2.97. The Balaban J connectivity index is 2.63. The fraction of sp³-hybridized carbons (Fsp3) is 1.00. The van der Waals surface area contributed by atoms with E-state index in [2.05, 4.69) is 26.2 Å². The molecule has 0 aromatic heterocycles. The molecule has 1 aliphatic rings. The van der Waals surface area contributed by atoms with E-state index >= 15 is 0 Å². The smallest absolute Gasteiger partial charge is 0.0777 e. The maximum absolute atomic E-state index is 5.62. The van der Waals surface area contributed by atoms with E-state index in [4.69, 9.17) is 4.74 Å². The van der Waals surface area contributed by atoms with Crippen LogP contribution in [0.5, 0.6) is 0 Å². The van der Waals surface area contributed by atoms with Crippen LogP contribution in [-0.4, -0.2) is 25.8 Å². The van der Waals surface area contributed by atoms with E-state index in [0.717, 1.165) is 5.92 Å². The van der Waals surface area contributed by atoms with E-state index in [1.165, 1.54) is 38.5 Å². The number of rotatable bonds is 4. The second-order valence-corrected chi connectivity index (χ2v) is 5.33. The SMILES string of the molecule is CNC(C1CCCCCC1)C(C)(C)OC. The summed E-state index contributed by atoms with van der Waals surface area (Å²) in [6.45, 7) is 4.39. The zero-order valence-electron chi connectivity index (χ0n) is 10.8. The van der Waals surface area contributed by atoms with Gasteiger partial charge in [0.2, 0.25) is 0 Å². The van der Waals surface area contributed by atoms with Gasteiger partial charge in [0.15, 0.2) is 0 Å². The molecule has 1 N–H and O–H groups in total. The number of likely N-dealkylation sites (N-methyl/N-ethyl adjacent to an activating group) is 1. The van der Waals surface area contributed by atoms with Crippen molar-refractivity contribution in [1.29, 1.82) is 0 Å².